The molecule has 0 saturated carbocycles. The molecule has 0 radical (unpaired) electrons. The van der Waals surface area contributed by atoms with E-state index in [4.69, 9.17) is 4.74 Å². The molecule has 1 aliphatic rings. The third-order valence-electron chi connectivity index (χ3n) is 4.03. The van der Waals surface area contributed by atoms with Crippen molar-refractivity contribution in [3.8, 4) is 5.75 Å². The summed E-state index contributed by atoms with van der Waals surface area (Å²) in [5, 5.41) is 2.60. The molecule has 1 fully saturated rings. The lowest BCUT2D eigenvalue weighted by Crippen LogP contribution is -2.43. The zero-order chi connectivity index (χ0) is 20.1. The van der Waals surface area contributed by atoms with E-state index in [-0.39, 0.29) is 24.1 Å². The minimum atomic E-state index is -0.612. The van der Waals surface area contributed by atoms with Gasteiger partial charge in [-0.25, -0.2) is 9.38 Å². The molecule has 1 heterocycles. The van der Waals surface area contributed by atoms with Gasteiger partial charge in [0.15, 0.2) is 5.17 Å². The van der Waals surface area contributed by atoms with Gasteiger partial charge >= 0.3 is 0 Å². The van der Waals surface area contributed by atoms with Crippen LogP contribution in [0.15, 0.2) is 53.5 Å². The van der Waals surface area contributed by atoms with Crippen LogP contribution in [-0.2, 0) is 9.59 Å². The van der Waals surface area contributed by atoms with Gasteiger partial charge in [0.1, 0.15) is 16.8 Å². The van der Waals surface area contributed by atoms with Gasteiger partial charge in [-0.2, -0.15) is 0 Å². The highest BCUT2D eigenvalue weighted by atomic mass is 32.2. The fourth-order valence-electron chi connectivity index (χ4n) is 2.58. The van der Waals surface area contributed by atoms with E-state index in [0.717, 1.165) is 0 Å². The number of halogens is 1. The fraction of sp³-hybridized carbons (Fsp3) is 0.250. The first-order chi connectivity index (χ1) is 13.5. The molecule has 2 amide bonds. The Morgan fingerprint density at radius 2 is 2.07 bits per heavy atom. The van der Waals surface area contributed by atoms with Crippen molar-refractivity contribution in [3.05, 3.63) is 54.3 Å². The van der Waals surface area contributed by atoms with Gasteiger partial charge in [-0.05, 0) is 43.3 Å². The summed E-state index contributed by atoms with van der Waals surface area (Å²) >= 11 is 1.20. The van der Waals surface area contributed by atoms with Crippen LogP contribution >= 0.6 is 11.8 Å². The van der Waals surface area contributed by atoms with Crippen molar-refractivity contribution in [2.45, 2.75) is 18.6 Å². The van der Waals surface area contributed by atoms with Crippen molar-refractivity contribution in [3.63, 3.8) is 0 Å². The van der Waals surface area contributed by atoms with Crippen LogP contribution in [0.4, 0.5) is 15.8 Å². The van der Waals surface area contributed by atoms with E-state index in [1.807, 2.05) is 6.92 Å². The number of amidine groups is 1. The summed E-state index contributed by atoms with van der Waals surface area (Å²) in [5.41, 5.74) is 1.11. The maximum atomic E-state index is 13.1. The second-order valence-electron chi connectivity index (χ2n) is 6.08. The Hall–Kier alpha value is -2.87. The van der Waals surface area contributed by atoms with Crippen LogP contribution in [0.2, 0.25) is 0 Å². The molecule has 1 atom stereocenters. The number of rotatable bonds is 5. The van der Waals surface area contributed by atoms with E-state index in [1.54, 1.807) is 31.3 Å². The molecule has 28 heavy (non-hydrogen) atoms. The van der Waals surface area contributed by atoms with Gasteiger partial charge in [0.25, 0.3) is 0 Å². The zero-order valence-electron chi connectivity index (χ0n) is 15.5. The summed E-state index contributed by atoms with van der Waals surface area (Å²) < 4.78 is 18.5. The van der Waals surface area contributed by atoms with E-state index in [1.165, 1.54) is 40.9 Å². The minimum Gasteiger partial charge on any atom is -0.494 e. The van der Waals surface area contributed by atoms with E-state index in [9.17, 15) is 14.0 Å². The number of benzene rings is 2. The van der Waals surface area contributed by atoms with Gasteiger partial charge in [-0.15, -0.1) is 0 Å². The number of amides is 2. The number of hydrogen-bond donors (Lipinski definition) is 1. The molecule has 0 bridgehead atoms. The molecule has 3 rings (SSSR count). The molecule has 2 aromatic rings. The molecule has 6 nitrogen and oxygen atoms in total. The topological polar surface area (TPSA) is 71.0 Å². The molecule has 2 aromatic carbocycles. The number of aliphatic imine (C=N–C) groups is 1. The second-order valence-corrected chi connectivity index (χ2v) is 7.25. The highest BCUT2D eigenvalue weighted by Gasteiger charge is 2.34. The number of ether oxygens (including phenoxy) is 1. The number of hydrogen-bond acceptors (Lipinski definition) is 5. The summed E-state index contributed by atoms with van der Waals surface area (Å²) in [6.45, 7) is 2.41. The molecular formula is C20H20FN3O3S. The molecular weight excluding hydrogens is 381 g/mol. The average Bonchev–Trinajstić information content (AvgIpc) is 2.67. The first-order valence-electron chi connectivity index (χ1n) is 8.77. The van der Waals surface area contributed by atoms with Crippen LogP contribution in [0, 0.1) is 5.82 Å². The normalized spacial score (nSPS) is 18.2. The summed E-state index contributed by atoms with van der Waals surface area (Å²) in [4.78, 5) is 30.8. The number of anilines is 1. The summed E-state index contributed by atoms with van der Waals surface area (Å²) in [6, 6.07) is 12.7. The van der Waals surface area contributed by atoms with E-state index >= 15 is 0 Å². The van der Waals surface area contributed by atoms with Crippen molar-refractivity contribution in [2.24, 2.45) is 4.99 Å². The van der Waals surface area contributed by atoms with Crippen LogP contribution in [0.25, 0.3) is 0 Å². The lowest BCUT2D eigenvalue weighted by atomic mass is 10.2. The Kier molecular flexibility index (Phi) is 6.30. The van der Waals surface area contributed by atoms with E-state index in [0.29, 0.717) is 28.9 Å². The molecule has 146 valence electrons. The van der Waals surface area contributed by atoms with Crippen molar-refractivity contribution in [1.29, 1.82) is 0 Å². The zero-order valence-corrected chi connectivity index (χ0v) is 16.3. The standard InChI is InChI=1S/C20H20FN3O3S/c1-3-27-16-6-4-5-15(11-16)22-19(26)17-12-18(25)24(2)20(28-17)23-14-9-7-13(21)8-10-14/h4-11,17H,3,12H2,1-2H3,(H,22,26)/t17-/m1/s1. The maximum Gasteiger partial charge on any atom is 0.238 e. The summed E-state index contributed by atoms with van der Waals surface area (Å²) in [7, 11) is 1.61. The molecule has 8 heteroatoms. The third-order valence-corrected chi connectivity index (χ3v) is 5.27. The molecule has 0 unspecified atom stereocenters. The highest BCUT2D eigenvalue weighted by Crippen LogP contribution is 2.29. The number of nitrogens with one attached hydrogen (secondary N) is 1. The van der Waals surface area contributed by atoms with Gasteiger partial charge in [-0.3, -0.25) is 14.5 Å². The molecule has 0 spiro atoms. The van der Waals surface area contributed by atoms with Crippen LogP contribution in [0.5, 0.6) is 5.75 Å². The Morgan fingerprint density at radius 1 is 1.32 bits per heavy atom. The number of carbonyl (C=O) groups excluding carboxylic acids is 2. The van der Waals surface area contributed by atoms with Gasteiger partial charge in [-0.1, -0.05) is 17.8 Å². The van der Waals surface area contributed by atoms with E-state index in [2.05, 4.69) is 10.3 Å². The van der Waals surface area contributed by atoms with Crippen molar-refractivity contribution in [1.82, 2.24) is 4.90 Å². The second kappa shape index (κ2) is 8.88. The quantitative estimate of drug-likeness (QED) is 0.827. The van der Waals surface area contributed by atoms with Gasteiger partial charge in [0.05, 0.1) is 12.3 Å². The van der Waals surface area contributed by atoms with E-state index < -0.39 is 5.25 Å². The smallest absolute Gasteiger partial charge is 0.238 e. The van der Waals surface area contributed by atoms with Gasteiger partial charge in [0.2, 0.25) is 11.8 Å². The third kappa shape index (κ3) is 4.89. The van der Waals surface area contributed by atoms with Gasteiger partial charge < -0.3 is 10.1 Å². The number of nitrogens with zero attached hydrogens (tertiary/aromatic N) is 2. The first kappa shape index (κ1) is 19.9. The molecule has 1 saturated heterocycles. The first-order valence-corrected chi connectivity index (χ1v) is 9.65. The predicted octanol–water partition coefficient (Wildman–Crippen LogP) is 3.81. The Labute approximate surface area is 166 Å². The summed E-state index contributed by atoms with van der Waals surface area (Å²) in [5.74, 6) is -0.197. The lowest BCUT2D eigenvalue weighted by molar-refractivity contribution is -0.128. The maximum absolute atomic E-state index is 13.1. The van der Waals surface area contributed by atoms with Crippen molar-refractivity contribution >= 4 is 40.1 Å². The SMILES string of the molecule is CCOc1cccc(NC(=O)[C@H]2CC(=O)N(C)C(=Nc3ccc(F)cc3)S2)c1. The Balaban J connectivity index is 1.74. The van der Waals surface area contributed by atoms with Crippen LogP contribution < -0.4 is 10.1 Å². The Morgan fingerprint density at radius 3 is 2.79 bits per heavy atom. The minimum absolute atomic E-state index is 0.0700. The predicted molar refractivity (Wildman–Crippen MR) is 109 cm³/mol. The van der Waals surface area contributed by atoms with Crippen molar-refractivity contribution in [2.75, 3.05) is 19.0 Å². The molecule has 0 aromatic heterocycles. The molecule has 0 aliphatic carbocycles. The molecule has 1 N–H and O–H groups in total. The summed E-state index contributed by atoms with van der Waals surface area (Å²) in [6.07, 6.45) is 0.0700. The highest BCUT2D eigenvalue weighted by molar-refractivity contribution is 8.15. The van der Waals surface area contributed by atoms with Crippen LogP contribution in [0.3, 0.4) is 0 Å². The monoisotopic (exact) mass is 401 g/mol. The molecule has 1 aliphatic heterocycles. The largest absolute Gasteiger partial charge is 0.494 e. The van der Waals surface area contributed by atoms with Crippen LogP contribution in [-0.4, -0.2) is 40.8 Å². The Bertz CT molecular complexity index is 902. The number of carbonyl (C=O) groups is 2. The lowest BCUT2D eigenvalue weighted by Gasteiger charge is -2.28. The van der Waals surface area contributed by atoms with Crippen molar-refractivity contribution < 1.29 is 18.7 Å². The van der Waals surface area contributed by atoms with Crippen LogP contribution in [0.1, 0.15) is 13.3 Å². The number of thioether (sulfide) groups is 1. The fourth-order valence-corrected chi connectivity index (χ4v) is 3.64. The van der Waals surface area contributed by atoms with Gasteiger partial charge in [0, 0.05) is 25.2 Å². The average molecular weight is 401 g/mol.